The molecule has 0 saturated heterocycles. The summed E-state index contributed by atoms with van der Waals surface area (Å²) in [6, 6.07) is 13.2. The molecule has 2 amide bonds. The number of nitrogens with one attached hydrogen (secondary N) is 2. The molecule has 0 heterocycles. The van der Waals surface area contributed by atoms with Crippen molar-refractivity contribution in [2.24, 2.45) is 0 Å². The van der Waals surface area contributed by atoms with Crippen LogP contribution in [0.3, 0.4) is 0 Å². The van der Waals surface area contributed by atoms with Crippen LogP contribution in [0.5, 0.6) is 0 Å². The fourth-order valence-electron chi connectivity index (χ4n) is 3.00. The summed E-state index contributed by atoms with van der Waals surface area (Å²) in [4.78, 5) is 35.7. The lowest BCUT2D eigenvalue weighted by Gasteiger charge is -2.21. The van der Waals surface area contributed by atoms with Crippen molar-refractivity contribution >= 4 is 17.8 Å². The number of aliphatic carboxylic acids is 1. The molecule has 0 aliphatic carbocycles. The Kier molecular flexibility index (Phi) is 8.33. The predicted octanol–water partition coefficient (Wildman–Crippen LogP) is 2.47. The van der Waals surface area contributed by atoms with Crippen LogP contribution in [-0.2, 0) is 27.2 Å². The van der Waals surface area contributed by atoms with E-state index in [1.165, 1.54) is 31.2 Å². The maximum Gasteiger partial charge on any atom is 0.326 e. The number of aryl methyl sites for hydroxylation is 1. The second-order valence-electron chi connectivity index (χ2n) is 6.86. The van der Waals surface area contributed by atoms with Crippen molar-refractivity contribution in [3.05, 3.63) is 71.5 Å². The molecule has 29 heavy (non-hydrogen) atoms. The molecule has 0 unspecified atom stereocenters. The topological polar surface area (TPSA) is 95.5 Å². The average molecular weight is 400 g/mol. The van der Waals surface area contributed by atoms with Gasteiger partial charge < -0.3 is 15.7 Å². The second-order valence-corrected chi connectivity index (χ2v) is 6.86. The molecule has 7 heteroatoms. The number of carbonyl (C=O) groups is 3. The van der Waals surface area contributed by atoms with Gasteiger partial charge in [0.1, 0.15) is 17.9 Å². The van der Waals surface area contributed by atoms with Crippen molar-refractivity contribution < 1.29 is 23.9 Å². The van der Waals surface area contributed by atoms with Crippen molar-refractivity contribution in [1.29, 1.82) is 0 Å². The van der Waals surface area contributed by atoms with Gasteiger partial charge in [-0.05, 0) is 42.5 Å². The van der Waals surface area contributed by atoms with Crippen LogP contribution in [0.15, 0.2) is 54.6 Å². The molecule has 0 spiro atoms. The third-order valence-electron chi connectivity index (χ3n) is 4.46. The standard InChI is InChI=1S/C22H25FN2O4/c1-15(26)24-20(14-17-10-12-18(23)13-11-17)21(27)25-19(22(28)29)9-5-8-16-6-3-2-4-7-16/h2-4,6-7,10-13,19-20H,5,8-9,14H2,1H3,(H,24,26)(H,25,27)(H,28,29)/t19-,20+/m0/s1. The summed E-state index contributed by atoms with van der Waals surface area (Å²) in [7, 11) is 0. The zero-order chi connectivity index (χ0) is 21.2. The molecule has 0 aromatic heterocycles. The Balaban J connectivity index is 1.98. The lowest BCUT2D eigenvalue weighted by molar-refractivity contribution is -0.142. The fourth-order valence-corrected chi connectivity index (χ4v) is 3.00. The molecule has 0 aliphatic rings. The number of hydrogen-bond donors (Lipinski definition) is 3. The molecule has 0 fully saturated rings. The second kappa shape index (κ2) is 10.9. The van der Waals surface area contributed by atoms with Crippen molar-refractivity contribution in [2.45, 2.75) is 44.7 Å². The molecule has 0 saturated carbocycles. The minimum atomic E-state index is -1.13. The Morgan fingerprint density at radius 1 is 0.931 bits per heavy atom. The number of carbonyl (C=O) groups excluding carboxylic acids is 2. The zero-order valence-corrected chi connectivity index (χ0v) is 16.2. The van der Waals surface area contributed by atoms with E-state index >= 15 is 0 Å². The molecule has 0 aliphatic heterocycles. The van der Waals surface area contributed by atoms with E-state index in [0.29, 0.717) is 18.4 Å². The van der Waals surface area contributed by atoms with E-state index in [1.807, 2.05) is 30.3 Å². The normalized spacial score (nSPS) is 12.6. The third-order valence-corrected chi connectivity index (χ3v) is 4.46. The van der Waals surface area contributed by atoms with Crippen LogP contribution in [0, 0.1) is 5.82 Å². The Morgan fingerprint density at radius 2 is 1.59 bits per heavy atom. The molecular formula is C22H25FN2O4. The van der Waals surface area contributed by atoms with Crippen LogP contribution in [0.4, 0.5) is 4.39 Å². The minimum Gasteiger partial charge on any atom is -0.480 e. The summed E-state index contributed by atoms with van der Waals surface area (Å²) in [5.74, 6) is -2.53. The monoisotopic (exact) mass is 400 g/mol. The number of benzene rings is 2. The van der Waals surface area contributed by atoms with E-state index in [0.717, 1.165) is 5.56 Å². The first-order chi connectivity index (χ1) is 13.8. The van der Waals surface area contributed by atoms with Crippen LogP contribution >= 0.6 is 0 Å². The molecule has 0 bridgehead atoms. The van der Waals surface area contributed by atoms with Gasteiger partial charge >= 0.3 is 5.97 Å². The van der Waals surface area contributed by atoms with Gasteiger partial charge in [-0.3, -0.25) is 9.59 Å². The number of rotatable bonds is 10. The highest BCUT2D eigenvalue weighted by atomic mass is 19.1. The first-order valence-electron chi connectivity index (χ1n) is 9.44. The van der Waals surface area contributed by atoms with E-state index in [9.17, 15) is 23.9 Å². The molecule has 2 rings (SSSR count). The van der Waals surface area contributed by atoms with Crippen LogP contribution in [0.2, 0.25) is 0 Å². The van der Waals surface area contributed by atoms with E-state index < -0.39 is 35.7 Å². The molecule has 6 nitrogen and oxygen atoms in total. The summed E-state index contributed by atoms with van der Waals surface area (Å²) in [6.07, 6.45) is 1.68. The highest BCUT2D eigenvalue weighted by Crippen LogP contribution is 2.09. The van der Waals surface area contributed by atoms with Gasteiger partial charge in [-0.2, -0.15) is 0 Å². The van der Waals surface area contributed by atoms with Gasteiger partial charge in [0.05, 0.1) is 0 Å². The van der Waals surface area contributed by atoms with Gasteiger partial charge in [0.15, 0.2) is 0 Å². The Bertz CT molecular complexity index is 824. The molecule has 2 atom stereocenters. The maximum atomic E-state index is 13.1. The van der Waals surface area contributed by atoms with Crippen LogP contribution in [0.25, 0.3) is 0 Å². The van der Waals surface area contributed by atoms with Crippen molar-refractivity contribution in [3.8, 4) is 0 Å². The maximum absolute atomic E-state index is 13.1. The quantitative estimate of drug-likeness (QED) is 0.571. The number of carboxylic acids is 1. The van der Waals surface area contributed by atoms with Gasteiger partial charge in [0, 0.05) is 13.3 Å². The smallest absolute Gasteiger partial charge is 0.326 e. The van der Waals surface area contributed by atoms with E-state index in [-0.39, 0.29) is 12.8 Å². The largest absolute Gasteiger partial charge is 0.480 e. The number of amides is 2. The van der Waals surface area contributed by atoms with Crippen molar-refractivity contribution in [1.82, 2.24) is 10.6 Å². The summed E-state index contributed by atoms with van der Waals surface area (Å²) < 4.78 is 13.1. The van der Waals surface area contributed by atoms with Crippen molar-refractivity contribution in [3.63, 3.8) is 0 Å². The van der Waals surface area contributed by atoms with Crippen LogP contribution in [-0.4, -0.2) is 35.0 Å². The average Bonchev–Trinajstić information content (AvgIpc) is 2.68. The van der Waals surface area contributed by atoms with Crippen LogP contribution in [0.1, 0.15) is 30.9 Å². The molecule has 154 valence electrons. The zero-order valence-electron chi connectivity index (χ0n) is 16.2. The summed E-state index contributed by atoms with van der Waals surface area (Å²) in [6.45, 7) is 1.28. The molecule has 0 radical (unpaired) electrons. The molecule has 2 aromatic rings. The van der Waals surface area contributed by atoms with Crippen LogP contribution < -0.4 is 10.6 Å². The van der Waals surface area contributed by atoms with Crippen molar-refractivity contribution in [2.75, 3.05) is 0 Å². The van der Waals surface area contributed by atoms with E-state index in [4.69, 9.17) is 0 Å². The van der Waals surface area contributed by atoms with Gasteiger partial charge in [-0.15, -0.1) is 0 Å². The summed E-state index contributed by atoms with van der Waals surface area (Å²) in [5.41, 5.74) is 1.74. The first-order valence-corrected chi connectivity index (χ1v) is 9.44. The summed E-state index contributed by atoms with van der Waals surface area (Å²) >= 11 is 0. The van der Waals surface area contributed by atoms with Gasteiger partial charge in [0.25, 0.3) is 0 Å². The predicted molar refractivity (Wildman–Crippen MR) is 107 cm³/mol. The highest BCUT2D eigenvalue weighted by Gasteiger charge is 2.26. The van der Waals surface area contributed by atoms with E-state index in [2.05, 4.69) is 10.6 Å². The highest BCUT2D eigenvalue weighted by molar-refractivity contribution is 5.90. The molecule has 3 N–H and O–H groups in total. The Labute approximate surface area is 169 Å². The first kappa shape index (κ1) is 22.1. The minimum absolute atomic E-state index is 0.127. The SMILES string of the molecule is CC(=O)N[C@H](Cc1ccc(F)cc1)C(=O)N[C@@H](CCCc1ccccc1)C(=O)O. The van der Waals surface area contributed by atoms with E-state index in [1.54, 1.807) is 0 Å². The Hall–Kier alpha value is -3.22. The lowest BCUT2D eigenvalue weighted by Crippen LogP contribution is -2.52. The lowest BCUT2D eigenvalue weighted by atomic mass is 10.0. The van der Waals surface area contributed by atoms with Gasteiger partial charge in [-0.1, -0.05) is 42.5 Å². The fraction of sp³-hybridized carbons (Fsp3) is 0.318. The van der Waals surface area contributed by atoms with Gasteiger partial charge in [-0.25, -0.2) is 9.18 Å². The van der Waals surface area contributed by atoms with Gasteiger partial charge in [0.2, 0.25) is 11.8 Å². The number of carboxylic acid groups (broad SMARTS) is 1. The molecular weight excluding hydrogens is 375 g/mol. The Morgan fingerprint density at radius 3 is 2.17 bits per heavy atom. The number of halogens is 1. The summed E-state index contributed by atoms with van der Waals surface area (Å²) in [5, 5.41) is 14.5. The number of hydrogen-bond acceptors (Lipinski definition) is 3. The molecule has 2 aromatic carbocycles. The third kappa shape index (κ3) is 7.73.